The van der Waals surface area contributed by atoms with Crippen molar-refractivity contribution in [1.29, 1.82) is 0 Å². The maximum Gasteiger partial charge on any atom is 0.246 e. The smallest absolute Gasteiger partial charge is 0.246 e. The van der Waals surface area contributed by atoms with Crippen molar-refractivity contribution in [1.82, 2.24) is 26.2 Å². The van der Waals surface area contributed by atoms with Crippen LogP contribution in [0.3, 0.4) is 0 Å². The highest BCUT2D eigenvalue weighted by atomic mass is 16.2. The van der Waals surface area contributed by atoms with E-state index in [1.807, 2.05) is 27.7 Å². The highest BCUT2D eigenvalue weighted by Crippen LogP contribution is 2.20. The highest BCUT2D eigenvalue weighted by molar-refractivity contribution is 5.92. The predicted octanol–water partition coefficient (Wildman–Crippen LogP) is -0.0787. The van der Waals surface area contributed by atoms with Gasteiger partial charge in [-0.2, -0.15) is 0 Å². The number of rotatable bonds is 11. The molecule has 1 rings (SSSR count). The summed E-state index contributed by atoms with van der Waals surface area (Å²) >= 11 is 0. The summed E-state index contributed by atoms with van der Waals surface area (Å²) in [5.74, 6) is -1.27. The lowest BCUT2D eigenvalue weighted by Gasteiger charge is -2.30. The monoisotopic (exact) mass is 453 g/mol. The largest absolute Gasteiger partial charge is 0.353 e. The third-order valence-corrected chi connectivity index (χ3v) is 5.25. The standard InChI is InChI=1S/C22H39N5O5/c1-13(2)12-17(25-15(5)28)20(30)23-9-10-24-21(31)18-8-7-11-27(18)22(32)19(14(3)4)26-16(6)29/h13-14,17-19H,7-12H2,1-6H3,(H,23,30)(H,24,31)(H,25,28)(H,26,29)/t17-,18+,19-/m0/s1. The summed E-state index contributed by atoms with van der Waals surface area (Å²) in [6, 6.07) is -1.89. The van der Waals surface area contributed by atoms with Gasteiger partial charge in [0.1, 0.15) is 18.1 Å². The summed E-state index contributed by atoms with van der Waals surface area (Å²) in [5.41, 5.74) is 0. The van der Waals surface area contributed by atoms with E-state index in [1.54, 1.807) is 0 Å². The fraction of sp³-hybridized carbons (Fsp3) is 0.773. The highest BCUT2D eigenvalue weighted by Gasteiger charge is 2.38. The van der Waals surface area contributed by atoms with E-state index in [0.717, 1.165) is 0 Å². The molecule has 1 heterocycles. The second-order valence-corrected chi connectivity index (χ2v) is 9.08. The molecule has 32 heavy (non-hydrogen) atoms. The molecule has 0 aromatic heterocycles. The first kappa shape index (κ1) is 27.4. The Bertz CT molecular complexity index is 694. The van der Waals surface area contributed by atoms with Crippen LogP contribution in [0, 0.1) is 11.8 Å². The SMILES string of the molecule is CC(=O)N[C@@H](CC(C)C)C(=O)NCCNC(=O)[C@H]1CCCN1C(=O)[C@@H](NC(C)=O)C(C)C. The molecule has 1 saturated heterocycles. The van der Waals surface area contributed by atoms with Gasteiger partial charge < -0.3 is 26.2 Å². The molecule has 0 unspecified atom stereocenters. The number of hydrogen-bond donors (Lipinski definition) is 4. The zero-order chi connectivity index (χ0) is 24.4. The van der Waals surface area contributed by atoms with Crippen LogP contribution in [0.5, 0.6) is 0 Å². The van der Waals surface area contributed by atoms with Crippen LogP contribution >= 0.6 is 0 Å². The summed E-state index contributed by atoms with van der Waals surface area (Å²) in [4.78, 5) is 62.3. The molecule has 0 bridgehead atoms. The normalized spacial score (nSPS) is 17.6. The lowest BCUT2D eigenvalue weighted by Crippen LogP contribution is -2.55. The van der Waals surface area contributed by atoms with Crippen LogP contribution in [0.15, 0.2) is 0 Å². The van der Waals surface area contributed by atoms with Crippen LogP contribution in [0.1, 0.15) is 60.8 Å². The molecular formula is C22H39N5O5. The van der Waals surface area contributed by atoms with Crippen molar-refractivity contribution < 1.29 is 24.0 Å². The van der Waals surface area contributed by atoms with E-state index in [0.29, 0.717) is 25.8 Å². The summed E-state index contributed by atoms with van der Waals surface area (Å²) in [6.45, 7) is 11.2. The van der Waals surface area contributed by atoms with Crippen molar-refractivity contribution >= 4 is 29.5 Å². The second-order valence-electron chi connectivity index (χ2n) is 9.08. The van der Waals surface area contributed by atoms with Gasteiger partial charge in [-0.1, -0.05) is 27.7 Å². The second kappa shape index (κ2) is 13.0. The van der Waals surface area contributed by atoms with Gasteiger partial charge in [0, 0.05) is 33.5 Å². The average Bonchev–Trinajstić information content (AvgIpc) is 3.17. The van der Waals surface area contributed by atoms with E-state index in [1.165, 1.54) is 18.7 Å². The minimum Gasteiger partial charge on any atom is -0.353 e. The molecule has 0 saturated carbocycles. The van der Waals surface area contributed by atoms with Gasteiger partial charge >= 0.3 is 0 Å². The van der Waals surface area contributed by atoms with Crippen LogP contribution in [0.2, 0.25) is 0 Å². The topological polar surface area (TPSA) is 137 Å². The van der Waals surface area contributed by atoms with Gasteiger partial charge in [-0.05, 0) is 31.1 Å². The van der Waals surface area contributed by atoms with Crippen LogP contribution in [0.25, 0.3) is 0 Å². The third-order valence-electron chi connectivity index (χ3n) is 5.25. The van der Waals surface area contributed by atoms with Crippen LogP contribution in [0.4, 0.5) is 0 Å². The fourth-order valence-corrected chi connectivity index (χ4v) is 3.77. The van der Waals surface area contributed by atoms with Gasteiger partial charge in [0.25, 0.3) is 0 Å². The summed E-state index contributed by atoms with van der Waals surface area (Å²) in [5, 5.41) is 10.8. The van der Waals surface area contributed by atoms with Crippen molar-refractivity contribution in [3.8, 4) is 0 Å². The maximum absolute atomic E-state index is 12.9. The zero-order valence-electron chi connectivity index (χ0n) is 20.1. The van der Waals surface area contributed by atoms with E-state index < -0.39 is 18.1 Å². The Morgan fingerprint density at radius 3 is 2.03 bits per heavy atom. The van der Waals surface area contributed by atoms with Crippen molar-refractivity contribution in [3.05, 3.63) is 0 Å². The molecule has 1 aliphatic heterocycles. The molecule has 0 aromatic carbocycles. The van der Waals surface area contributed by atoms with Gasteiger partial charge in [-0.15, -0.1) is 0 Å². The first-order chi connectivity index (χ1) is 14.9. The third kappa shape index (κ3) is 8.84. The first-order valence-corrected chi connectivity index (χ1v) is 11.3. The summed E-state index contributed by atoms with van der Waals surface area (Å²) in [6.07, 6.45) is 1.77. The van der Waals surface area contributed by atoms with Gasteiger partial charge in [-0.3, -0.25) is 24.0 Å². The van der Waals surface area contributed by atoms with Gasteiger partial charge in [0.05, 0.1) is 0 Å². The zero-order valence-corrected chi connectivity index (χ0v) is 20.1. The minimum atomic E-state index is -0.674. The Morgan fingerprint density at radius 1 is 0.906 bits per heavy atom. The summed E-state index contributed by atoms with van der Waals surface area (Å²) < 4.78 is 0. The molecule has 1 aliphatic rings. The van der Waals surface area contributed by atoms with Crippen molar-refractivity contribution in [2.75, 3.05) is 19.6 Å². The van der Waals surface area contributed by atoms with Gasteiger partial charge in [-0.25, -0.2) is 0 Å². The van der Waals surface area contributed by atoms with E-state index >= 15 is 0 Å². The lowest BCUT2D eigenvalue weighted by molar-refractivity contribution is -0.142. The van der Waals surface area contributed by atoms with Crippen LogP contribution in [-0.4, -0.2) is 72.2 Å². The fourth-order valence-electron chi connectivity index (χ4n) is 3.77. The predicted molar refractivity (Wildman–Crippen MR) is 120 cm³/mol. The average molecular weight is 454 g/mol. The Hall–Kier alpha value is -2.65. The van der Waals surface area contributed by atoms with E-state index in [9.17, 15) is 24.0 Å². The molecule has 0 aromatic rings. The number of nitrogens with one attached hydrogen (secondary N) is 4. The first-order valence-electron chi connectivity index (χ1n) is 11.3. The molecular weight excluding hydrogens is 414 g/mol. The molecule has 0 spiro atoms. The van der Waals surface area contributed by atoms with E-state index in [-0.39, 0.29) is 54.5 Å². The Labute approximate surface area is 190 Å². The number of likely N-dealkylation sites (tertiary alicyclic amines) is 1. The van der Waals surface area contributed by atoms with Gasteiger partial charge in [0.15, 0.2) is 0 Å². The molecule has 5 amide bonds. The molecule has 182 valence electrons. The Balaban J connectivity index is 2.58. The van der Waals surface area contributed by atoms with Crippen LogP contribution < -0.4 is 21.3 Å². The molecule has 0 radical (unpaired) electrons. The number of carbonyl (C=O) groups excluding carboxylic acids is 5. The molecule has 10 nitrogen and oxygen atoms in total. The molecule has 4 N–H and O–H groups in total. The molecule has 10 heteroatoms. The Morgan fingerprint density at radius 2 is 1.50 bits per heavy atom. The maximum atomic E-state index is 12.9. The van der Waals surface area contributed by atoms with Crippen molar-refractivity contribution in [2.45, 2.75) is 78.9 Å². The minimum absolute atomic E-state index is 0.103. The van der Waals surface area contributed by atoms with Crippen molar-refractivity contribution in [2.24, 2.45) is 11.8 Å². The molecule has 0 aliphatic carbocycles. The molecule has 1 fully saturated rings. The molecule has 3 atom stereocenters. The van der Waals surface area contributed by atoms with Gasteiger partial charge in [0.2, 0.25) is 29.5 Å². The Kier molecular flexibility index (Phi) is 11.1. The van der Waals surface area contributed by atoms with Crippen molar-refractivity contribution in [3.63, 3.8) is 0 Å². The van der Waals surface area contributed by atoms with E-state index in [4.69, 9.17) is 0 Å². The van der Waals surface area contributed by atoms with E-state index in [2.05, 4.69) is 21.3 Å². The number of nitrogens with zero attached hydrogens (tertiary/aromatic N) is 1. The summed E-state index contributed by atoms with van der Waals surface area (Å²) in [7, 11) is 0. The number of carbonyl (C=O) groups is 5. The number of amides is 5. The number of hydrogen-bond acceptors (Lipinski definition) is 5. The quantitative estimate of drug-likeness (QED) is 0.324. The van der Waals surface area contributed by atoms with Crippen LogP contribution in [-0.2, 0) is 24.0 Å². The lowest BCUT2D eigenvalue weighted by atomic mass is 10.0.